The third kappa shape index (κ3) is 1.45. The Bertz CT molecular complexity index is 478. The van der Waals surface area contributed by atoms with Crippen LogP contribution in [0.5, 0.6) is 0 Å². The summed E-state index contributed by atoms with van der Waals surface area (Å²) in [5.41, 5.74) is 1.89. The maximum Gasteiger partial charge on any atom is 0.264 e. The second kappa shape index (κ2) is 2.88. The van der Waals surface area contributed by atoms with Crippen LogP contribution in [0.3, 0.4) is 0 Å². The lowest BCUT2D eigenvalue weighted by molar-refractivity contribution is 1.06. The molecule has 0 aromatic carbocycles. The zero-order chi connectivity index (χ0) is 9.42. The van der Waals surface area contributed by atoms with Crippen LogP contribution in [0.1, 0.15) is 9.75 Å². The summed E-state index contributed by atoms with van der Waals surface area (Å²) in [4.78, 5) is 13.4. The molecule has 0 bridgehead atoms. The largest absolute Gasteiger partial charge is 0.298 e. The van der Waals surface area contributed by atoms with Crippen molar-refractivity contribution in [1.29, 1.82) is 0 Å². The van der Waals surface area contributed by atoms with Crippen molar-refractivity contribution in [2.45, 2.75) is 13.8 Å². The van der Waals surface area contributed by atoms with E-state index in [2.05, 4.69) is 30.1 Å². The zero-order valence-electron chi connectivity index (χ0n) is 7.47. The lowest BCUT2D eigenvalue weighted by Crippen LogP contribution is -1.93. The Kier molecular flexibility index (Phi) is 1.84. The van der Waals surface area contributed by atoms with E-state index < -0.39 is 0 Å². The van der Waals surface area contributed by atoms with Crippen molar-refractivity contribution in [3.05, 3.63) is 32.2 Å². The van der Waals surface area contributed by atoms with Gasteiger partial charge >= 0.3 is 0 Å². The highest BCUT2D eigenvalue weighted by Gasteiger charge is 2.06. The Morgan fingerprint density at radius 2 is 2.00 bits per heavy atom. The smallest absolute Gasteiger partial charge is 0.264 e. The van der Waals surface area contributed by atoms with Gasteiger partial charge in [0.2, 0.25) is 0 Å². The highest BCUT2D eigenvalue weighted by atomic mass is 32.1. The molecule has 0 aliphatic heterocycles. The number of aromatic nitrogens is 2. The maximum absolute atomic E-state index is 10.9. The van der Waals surface area contributed by atoms with Gasteiger partial charge in [-0.3, -0.25) is 15.0 Å². The maximum atomic E-state index is 10.9. The average molecular weight is 194 g/mol. The highest BCUT2D eigenvalue weighted by molar-refractivity contribution is 7.12. The van der Waals surface area contributed by atoms with Gasteiger partial charge in [0.25, 0.3) is 5.56 Å². The molecule has 4 heteroatoms. The lowest BCUT2D eigenvalue weighted by atomic mass is 10.2. The molecule has 2 N–H and O–H groups in total. The lowest BCUT2D eigenvalue weighted by Gasteiger charge is -1.92. The first kappa shape index (κ1) is 8.31. The molecule has 0 aliphatic carbocycles. The van der Waals surface area contributed by atoms with Crippen molar-refractivity contribution in [3.8, 4) is 11.3 Å². The Labute approximate surface area is 79.4 Å². The Balaban J connectivity index is 2.57. The minimum absolute atomic E-state index is 0.0850. The molecule has 0 saturated carbocycles. The molecule has 13 heavy (non-hydrogen) atoms. The Morgan fingerprint density at radius 1 is 1.23 bits per heavy atom. The van der Waals surface area contributed by atoms with E-state index in [0.717, 1.165) is 11.3 Å². The van der Waals surface area contributed by atoms with Gasteiger partial charge < -0.3 is 0 Å². The number of hydrogen-bond acceptors (Lipinski definition) is 2. The second-order valence-electron chi connectivity index (χ2n) is 3.00. The summed E-state index contributed by atoms with van der Waals surface area (Å²) in [7, 11) is 0. The van der Waals surface area contributed by atoms with Crippen LogP contribution in [-0.2, 0) is 0 Å². The van der Waals surface area contributed by atoms with Crippen LogP contribution in [0.15, 0.2) is 16.9 Å². The molecule has 0 unspecified atom stereocenters. The molecule has 0 amide bonds. The van der Waals surface area contributed by atoms with Crippen LogP contribution >= 0.6 is 11.3 Å². The molecular weight excluding hydrogens is 184 g/mol. The van der Waals surface area contributed by atoms with Crippen molar-refractivity contribution in [2.24, 2.45) is 0 Å². The van der Waals surface area contributed by atoms with Crippen LogP contribution < -0.4 is 5.56 Å². The van der Waals surface area contributed by atoms with Crippen molar-refractivity contribution in [1.82, 2.24) is 10.2 Å². The summed E-state index contributed by atoms with van der Waals surface area (Å²) in [5, 5.41) is 5.37. The summed E-state index contributed by atoms with van der Waals surface area (Å²) in [5.74, 6) is 0. The number of rotatable bonds is 1. The number of thiophene rings is 1. The van der Waals surface area contributed by atoms with Gasteiger partial charge in [0.05, 0.1) is 5.69 Å². The van der Waals surface area contributed by atoms with Crippen molar-refractivity contribution in [3.63, 3.8) is 0 Å². The number of H-pyrrole nitrogens is 2. The number of aromatic amines is 2. The minimum Gasteiger partial charge on any atom is -0.298 e. The van der Waals surface area contributed by atoms with Gasteiger partial charge in [-0.1, -0.05) is 0 Å². The topological polar surface area (TPSA) is 48.6 Å². The second-order valence-corrected chi connectivity index (χ2v) is 4.46. The predicted octanol–water partition coefficient (Wildman–Crippen LogP) is 2.05. The Morgan fingerprint density at radius 3 is 2.46 bits per heavy atom. The number of aryl methyl sites for hydroxylation is 2. The van der Waals surface area contributed by atoms with E-state index >= 15 is 0 Å². The third-order valence-electron chi connectivity index (χ3n) is 1.93. The molecule has 2 aromatic heterocycles. The summed E-state index contributed by atoms with van der Waals surface area (Å²) >= 11 is 1.74. The molecule has 2 aromatic rings. The van der Waals surface area contributed by atoms with E-state index in [0.29, 0.717) is 0 Å². The highest BCUT2D eigenvalue weighted by Crippen LogP contribution is 2.28. The van der Waals surface area contributed by atoms with Crippen molar-refractivity contribution in [2.75, 3.05) is 0 Å². The fraction of sp³-hybridized carbons (Fsp3) is 0.222. The van der Waals surface area contributed by atoms with Crippen LogP contribution in [0.4, 0.5) is 0 Å². The molecule has 0 saturated heterocycles. The van der Waals surface area contributed by atoms with E-state index in [1.165, 1.54) is 9.75 Å². The first-order valence-corrected chi connectivity index (χ1v) is 4.83. The molecule has 68 valence electrons. The standard InChI is InChI=1S/C9H10N2OS/c1-5-3-7(6(2)13-5)8-4-9(12)11-10-8/h3-4H,1-2H3,(H2,10,11,12). The van der Waals surface area contributed by atoms with E-state index in [4.69, 9.17) is 0 Å². The molecule has 0 fully saturated rings. The van der Waals surface area contributed by atoms with E-state index in [1.807, 2.05) is 0 Å². The Hall–Kier alpha value is -1.29. The molecule has 3 nitrogen and oxygen atoms in total. The van der Waals surface area contributed by atoms with Crippen LogP contribution in [0.2, 0.25) is 0 Å². The van der Waals surface area contributed by atoms with Crippen molar-refractivity contribution >= 4 is 11.3 Å². The van der Waals surface area contributed by atoms with Gasteiger partial charge in [0.15, 0.2) is 0 Å². The van der Waals surface area contributed by atoms with E-state index in [1.54, 1.807) is 17.4 Å². The van der Waals surface area contributed by atoms with E-state index in [9.17, 15) is 4.79 Å². The van der Waals surface area contributed by atoms with Gasteiger partial charge in [-0.25, -0.2) is 0 Å². The molecule has 2 heterocycles. The first-order valence-electron chi connectivity index (χ1n) is 4.02. The third-order valence-corrected chi connectivity index (χ3v) is 2.89. The van der Waals surface area contributed by atoms with Crippen LogP contribution in [-0.4, -0.2) is 10.2 Å². The molecule has 2 rings (SSSR count). The monoisotopic (exact) mass is 194 g/mol. The summed E-state index contributed by atoms with van der Waals surface area (Å²) in [6.45, 7) is 4.12. The number of nitrogens with one attached hydrogen (secondary N) is 2. The minimum atomic E-state index is -0.0850. The van der Waals surface area contributed by atoms with Gasteiger partial charge in [0.1, 0.15) is 0 Å². The average Bonchev–Trinajstić information content (AvgIpc) is 2.58. The van der Waals surface area contributed by atoms with Crippen LogP contribution in [0.25, 0.3) is 11.3 Å². The van der Waals surface area contributed by atoms with Crippen LogP contribution in [0, 0.1) is 13.8 Å². The first-order chi connectivity index (χ1) is 6.16. The summed E-state index contributed by atoms with van der Waals surface area (Å²) < 4.78 is 0. The molecule has 0 atom stereocenters. The predicted molar refractivity (Wildman–Crippen MR) is 54.2 cm³/mol. The molecular formula is C9H10N2OS. The van der Waals surface area contributed by atoms with Gasteiger partial charge in [-0.2, -0.15) is 0 Å². The zero-order valence-corrected chi connectivity index (χ0v) is 8.29. The fourth-order valence-electron chi connectivity index (χ4n) is 1.38. The SMILES string of the molecule is Cc1cc(-c2cc(=O)[nH][nH]2)c(C)s1. The number of hydrogen-bond donors (Lipinski definition) is 2. The van der Waals surface area contributed by atoms with Gasteiger partial charge in [-0.05, 0) is 19.9 Å². The van der Waals surface area contributed by atoms with Gasteiger partial charge in [0, 0.05) is 21.4 Å². The molecule has 0 radical (unpaired) electrons. The summed E-state index contributed by atoms with van der Waals surface area (Å²) in [6.07, 6.45) is 0. The fourth-order valence-corrected chi connectivity index (χ4v) is 2.31. The van der Waals surface area contributed by atoms with Crippen molar-refractivity contribution < 1.29 is 0 Å². The molecule has 0 spiro atoms. The van der Waals surface area contributed by atoms with E-state index in [-0.39, 0.29) is 5.56 Å². The normalized spacial score (nSPS) is 10.6. The quantitative estimate of drug-likeness (QED) is 0.717. The summed E-state index contributed by atoms with van der Waals surface area (Å²) in [6, 6.07) is 3.66. The van der Waals surface area contributed by atoms with Gasteiger partial charge in [-0.15, -0.1) is 11.3 Å². The molecule has 0 aliphatic rings.